The monoisotopic (exact) mass is 238 g/mol. The van der Waals surface area contributed by atoms with E-state index in [4.69, 9.17) is 5.11 Å². The lowest BCUT2D eigenvalue weighted by atomic mass is 10.0. The van der Waals surface area contributed by atoms with Gasteiger partial charge in [-0.25, -0.2) is 0 Å². The number of hydrogen-bond donors (Lipinski definition) is 1. The van der Waals surface area contributed by atoms with E-state index in [0.717, 1.165) is 12.0 Å². The van der Waals surface area contributed by atoms with Crippen molar-refractivity contribution >= 4 is 17.7 Å². The van der Waals surface area contributed by atoms with E-state index in [2.05, 4.69) is 13.8 Å². The van der Waals surface area contributed by atoms with Gasteiger partial charge in [0.15, 0.2) is 0 Å². The molecule has 1 rings (SSSR count). The number of thioether (sulfide) groups is 1. The average Bonchev–Trinajstić information content (AvgIpc) is 2.20. The van der Waals surface area contributed by atoms with E-state index in [-0.39, 0.29) is 0 Å². The molecule has 16 heavy (non-hydrogen) atoms. The topological polar surface area (TPSA) is 37.3 Å². The molecule has 1 N–H and O–H groups in total. The van der Waals surface area contributed by atoms with Crippen molar-refractivity contribution in [2.24, 2.45) is 5.92 Å². The van der Waals surface area contributed by atoms with E-state index in [0.29, 0.717) is 5.92 Å². The Morgan fingerprint density at radius 2 is 1.88 bits per heavy atom. The fourth-order valence-corrected chi connectivity index (χ4v) is 2.31. The zero-order valence-electron chi connectivity index (χ0n) is 9.93. The van der Waals surface area contributed by atoms with Crippen molar-refractivity contribution < 1.29 is 9.90 Å². The second-order valence-electron chi connectivity index (χ2n) is 4.29. The Hall–Kier alpha value is -0.960. The Kier molecular flexibility index (Phi) is 4.87. The summed E-state index contributed by atoms with van der Waals surface area (Å²) in [6.07, 6.45) is 2.86. The molecule has 3 heteroatoms. The molecule has 1 aromatic carbocycles. The molecule has 0 heterocycles. The highest BCUT2D eigenvalue weighted by Gasteiger charge is 2.17. The molecule has 2 nitrogen and oxygen atoms in total. The van der Waals surface area contributed by atoms with Crippen LogP contribution in [0, 0.1) is 5.92 Å². The lowest BCUT2D eigenvalue weighted by molar-refractivity contribution is -0.136. The second-order valence-corrected chi connectivity index (χ2v) is 5.24. The predicted octanol–water partition coefficient (Wildman–Crippen LogP) is 3.37. The van der Waals surface area contributed by atoms with Gasteiger partial charge in [0.1, 0.15) is 5.25 Å². The summed E-state index contributed by atoms with van der Waals surface area (Å²) in [4.78, 5) is 11.0. The summed E-state index contributed by atoms with van der Waals surface area (Å²) in [5.41, 5.74) is 2.14. The highest BCUT2D eigenvalue weighted by Crippen LogP contribution is 2.27. The molecular formula is C13H18O2S. The number of carboxylic acids is 1. The van der Waals surface area contributed by atoms with Crippen molar-refractivity contribution in [3.63, 3.8) is 0 Å². The quantitative estimate of drug-likeness (QED) is 0.854. The lowest BCUT2D eigenvalue weighted by Crippen LogP contribution is -2.07. The molecule has 0 aliphatic heterocycles. The van der Waals surface area contributed by atoms with E-state index >= 15 is 0 Å². The minimum Gasteiger partial charge on any atom is -0.480 e. The van der Waals surface area contributed by atoms with E-state index in [1.165, 1.54) is 17.3 Å². The third-order valence-corrected chi connectivity index (χ3v) is 3.33. The van der Waals surface area contributed by atoms with Crippen molar-refractivity contribution in [3.8, 4) is 0 Å². The first-order valence-electron chi connectivity index (χ1n) is 5.39. The van der Waals surface area contributed by atoms with Gasteiger partial charge in [-0.15, -0.1) is 11.8 Å². The molecule has 0 radical (unpaired) electrons. The summed E-state index contributed by atoms with van der Waals surface area (Å²) in [7, 11) is 0. The lowest BCUT2D eigenvalue weighted by Gasteiger charge is -2.11. The molecule has 0 saturated heterocycles. The van der Waals surface area contributed by atoms with Crippen LogP contribution in [0.1, 0.15) is 30.2 Å². The molecule has 0 aliphatic rings. The zero-order valence-corrected chi connectivity index (χ0v) is 10.8. The first-order valence-corrected chi connectivity index (χ1v) is 6.67. The van der Waals surface area contributed by atoms with Crippen LogP contribution in [0.25, 0.3) is 0 Å². The summed E-state index contributed by atoms with van der Waals surface area (Å²) in [5.74, 6) is -0.147. The van der Waals surface area contributed by atoms with Gasteiger partial charge >= 0.3 is 5.97 Å². The fourth-order valence-electron chi connectivity index (χ4n) is 1.68. The van der Waals surface area contributed by atoms with Crippen molar-refractivity contribution in [1.82, 2.24) is 0 Å². The normalized spacial score (nSPS) is 12.8. The molecule has 0 unspecified atom stereocenters. The van der Waals surface area contributed by atoms with Gasteiger partial charge in [0.25, 0.3) is 0 Å². The fraction of sp³-hybridized carbons (Fsp3) is 0.462. The Morgan fingerprint density at radius 1 is 1.31 bits per heavy atom. The van der Waals surface area contributed by atoms with Crippen LogP contribution in [0.3, 0.4) is 0 Å². The minimum atomic E-state index is -0.774. The molecule has 0 amide bonds. The number of rotatable bonds is 5. The van der Waals surface area contributed by atoms with Gasteiger partial charge in [0.2, 0.25) is 0 Å². The molecule has 0 aliphatic carbocycles. The van der Waals surface area contributed by atoms with Crippen molar-refractivity contribution in [2.75, 3.05) is 6.26 Å². The summed E-state index contributed by atoms with van der Waals surface area (Å²) < 4.78 is 0. The number of aliphatic carboxylic acids is 1. The van der Waals surface area contributed by atoms with Gasteiger partial charge in [0.05, 0.1) is 0 Å². The average molecular weight is 238 g/mol. The Balaban J connectivity index is 2.81. The van der Waals surface area contributed by atoms with E-state index in [1.807, 2.05) is 30.5 Å². The highest BCUT2D eigenvalue weighted by molar-refractivity contribution is 7.99. The maximum Gasteiger partial charge on any atom is 0.321 e. The molecule has 0 spiro atoms. The van der Waals surface area contributed by atoms with Gasteiger partial charge in [-0.3, -0.25) is 4.79 Å². The van der Waals surface area contributed by atoms with Crippen LogP contribution in [-0.2, 0) is 11.2 Å². The van der Waals surface area contributed by atoms with Gasteiger partial charge in [0, 0.05) is 0 Å². The zero-order chi connectivity index (χ0) is 12.1. The SMILES string of the molecule is CS[C@H](C(=O)O)c1ccc(CC(C)C)cc1. The van der Waals surface area contributed by atoms with Gasteiger partial charge in [-0.1, -0.05) is 38.1 Å². The molecule has 0 aromatic heterocycles. The standard InChI is InChI=1S/C13H18O2S/c1-9(2)8-10-4-6-11(7-5-10)12(16-3)13(14)15/h4-7,9,12H,8H2,1-3H3,(H,14,15)/t12-/m0/s1. The van der Waals surface area contributed by atoms with Gasteiger partial charge in [-0.05, 0) is 29.7 Å². The number of hydrogen-bond acceptors (Lipinski definition) is 2. The van der Waals surface area contributed by atoms with Crippen LogP contribution in [-0.4, -0.2) is 17.3 Å². The van der Waals surface area contributed by atoms with Crippen LogP contribution < -0.4 is 0 Å². The third-order valence-electron chi connectivity index (χ3n) is 2.39. The Bertz CT molecular complexity index is 343. The van der Waals surface area contributed by atoms with Crippen LogP contribution in [0.5, 0.6) is 0 Å². The van der Waals surface area contributed by atoms with Crippen LogP contribution in [0.2, 0.25) is 0 Å². The predicted molar refractivity (Wildman–Crippen MR) is 68.9 cm³/mol. The summed E-state index contributed by atoms with van der Waals surface area (Å²) in [5, 5.41) is 8.57. The molecular weight excluding hydrogens is 220 g/mol. The number of benzene rings is 1. The van der Waals surface area contributed by atoms with Crippen LogP contribution in [0.15, 0.2) is 24.3 Å². The van der Waals surface area contributed by atoms with E-state index < -0.39 is 11.2 Å². The molecule has 1 atom stereocenters. The third kappa shape index (κ3) is 3.56. The number of carbonyl (C=O) groups is 1. The first kappa shape index (κ1) is 13.1. The highest BCUT2D eigenvalue weighted by atomic mass is 32.2. The number of carboxylic acid groups (broad SMARTS) is 1. The second kappa shape index (κ2) is 5.94. The van der Waals surface area contributed by atoms with E-state index in [9.17, 15) is 4.79 Å². The Labute approximate surface area is 101 Å². The van der Waals surface area contributed by atoms with Crippen molar-refractivity contribution in [3.05, 3.63) is 35.4 Å². The van der Waals surface area contributed by atoms with Crippen LogP contribution >= 0.6 is 11.8 Å². The smallest absolute Gasteiger partial charge is 0.321 e. The molecule has 0 saturated carbocycles. The van der Waals surface area contributed by atoms with Crippen molar-refractivity contribution in [1.29, 1.82) is 0 Å². The molecule has 88 valence electrons. The molecule has 1 aromatic rings. The maximum absolute atomic E-state index is 11.0. The molecule has 0 fully saturated rings. The minimum absolute atomic E-state index is 0.451. The summed E-state index contributed by atoms with van der Waals surface area (Å²) >= 11 is 1.35. The van der Waals surface area contributed by atoms with Gasteiger partial charge < -0.3 is 5.11 Å². The molecule has 0 bridgehead atoms. The van der Waals surface area contributed by atoms with Crippen molar-refractivity contribution in [2.45, 2.75) is 25.5 Å². The maximum atomic E-state index is 11.0. The van der Waals surface area contributed by atoms with Gasteiger partial charge in [-0.2, -0.15) is 0 Å². The summed E-state index contributed by atoms with van der Waals surface area (Å²) in [6.45, 7) is 4.35. The van der Waals surface area contributed by atoms with E-state index in [1.54, 1.807) is 0 Å². The summed E-state index contributed by atoms with van der Waals surface area (Å²) in [6, 6.07) is 7.91. The Morgan fingerprint density at radius 3 is 2.25 bits per heavy atom. The first-order chi connectivity index (χ1) is 7.54. The van der Waals surface area contributed by atoms with Crippen LogP contribution in [0.4, 0.5) is 0 Å². The largest absolute Gasteiger partial charge is 0.480 e.